The summed E-state index contributed by atoms with van der Waals surface area (Å²) in [5.74, 6) is 0.868. The second-order valence-electron chi connectivity index (χ2n) is 4.37. The maximum absolute atomic E-state index is 3.29. The molecule has 1 unspecified atom stereocenters. The van der Waals surface area contributed by atoms with Crippen LogP contribution in [0.3, 0.4) is 0 Å². The first-order chi connectivity index (χ1) is 6.84. The molecule has 1 aliphatic heterocycles. The number of benzene rings is 1. The molecule has 0 radical (unpaired) electrons. The van der Waals surface area contributed by atoms with Gasteiger partial charge in [0.2, 0.25) is 0 Å². The van der Waals surface area contributed by atoms with Crippen LogP contribution >= 0.6 is 0 Å². The standard InChI is InChI=1S/C13H18N.BrH.Mg/c1-12-6-5-9-14(10-12)11-13-7-3-2-4-8-13;;/h2-4,7,12H,5-6,9-11H2,1H3;1H;/q-1;;+2/p-1. The molecule has 0 bridgehead atoms. The van der Waals surface area contributed by atoms with E-state index >= 15 is 0 Å². The van der Waals surface area contributed by atoms with Crippen LogP contribution in [0.1, 0.15) is 25.3 Å². The van der Waals surface area contributed by atoms with Gasteiger partial charge in [-0.1, -0.05) is 6.92 Å². The third kappa shape index (κ3) is 5.17. The van der Waals surface area contributed by atoms with Crippen molar-refractivity contribution in [3.05, 3.63) is 35.9 Å². The number of hydrogen-bond acceptors (Lipinski definition) is 1. The zero-order valence-corrected chi connectivity index (χ0v) is 13.0. The van der Waals surface area contributed by atoms with Gasteiger partial charge in [-0.25, -0.2) is 0 Å². The minimum Gasteiger partial charge on any atom is -1.00 e. The van der Waals surface area contributed by atoms with Gasteiger partial charge < -0.3 is 21.9 Å². The van der Waals surface area contributed by atoms with E-state index in [1.165, 1.54) is 31.5 Å². The first-order valence-corrected chi connectivity index (χ1v) is 5.52. The summed E-state index contributed by atoms with van der Waals surface area (Å²) < 4.78 is 0. The quantitative estimate of drug-likeness (QED) is 0.517. The van der Waals surface area contributed by atoms with E-state index in [4.69, 9.17) is 0 Å². The van der Waals surface area contributed by atoms with Crippen LogP contribution in [0.15, 0.2) is 24.3 Å². The number of halogens is 1. The SMILES string of the molecule is CC1CCCN(Cc2[c-]cccc2)C1.[Br-].[Mg+2]. The molecule has 0 spiro atoms. The van der Waals surface area contributed by atoms with Crippen LogP contribution in [0.2, 0.25) is 0 Å². The van der Waals surface area contributed by atoms with E-state index in [0.717, 1.165) is 12.5 Å². The Morgan fingerprint density at radius 2 is 2.25 bits per heavy atom. The van der Waals surface area contributed by atoms with Gasteiger partial charge in [-0.15, -0.1) is 5.56 Å². The van der Waals surface area contributed by atoms with Crippen LogP contribution in [0, 0.1) is 12.0 Å². The third-order valence-electron chi connectivity index (χ3n) is 2.91. The Morgan fingerprint density at radius 3 is 2.88 bits per heavy atom. The predicted molar refractivity (Wildman–Crippen MR) is 64.7 cm³/mol. The molecule has 1 saturated heterocycles. The maximum Gasteiger partial charge on any atom is 2.00 e. The second-order valence-corrected chi connectivity index (χ2v) is 4.37. The first kappa shape index (κ1) is 16.4. The molecule has 84 valence electrons. The summed E-state index contributed by atoms with van der Waals surface area (Å²) in [5, 5.41) is 0. The second kappa shape index (κ2) is 8.51. The van der Waals surface area contributed by atoms with Crippen molar-refractivity contribution < 1.29 is 17.0 Å². The van der Waals surface area contributed by atoms with Crippen LogP contribution in [0.4, 0.5) is 0 Å². The number of rotatable bonds is 2. The Labute approximate surface area is 126 Å². The fourth-order valence-corrected chi connectivity index (χ4v) is 2.20. The molecule has 2 rings (SSSR count). The van der Waals surface area contributed by atoms with Crippen LogP contribution in [-0.4, -0.2) is 41.0 Å². The monoisotopic (exact) mass is 291 g/mol. The summed E-state index contributed by atoms with van der Waals surface area (Å²) in [6, 6.07) is 11.6. The van der Waals surface area contributed by atoms with Crippen molar-refractivity contribution in [2.24, 2.45) is 5.92 Å². The number of piperidine rings is 1. The molecule has 1 atom stereocenters. The van der Waals surface area contributed by atoms with E-state index in [1.54, 1.807) is 0 Å². The Hall–Kier alpha value is 0.426. The van der Waals surface area contributed by atoms with Crippen molar-refractivity contribution >= 4 is 23.1 Å². The Morgan fingerprint density at radius 1 is 1.44 bits per heavy atom. The molecule has 3 heteroatoms. The molecular weight excluding hydrogens is 274 g/mol. The minimum atomic E-state index is 0. The van der Waals surface area contributed by atoms with E-state index in [0.29, 0.717) is 0 Å². The Bertz CT molecular complexity index is 279. The van der Waals surface area contributed by atoms with Crippen LogP contribution < -0.4 is 17.0 Å². The molecule has 0 saturated carbocycles. The molecule has 16 heavy (non-hydrogen) atoms. The van der Waals surface area contributed by atoms with Gasteiger partial charge in [0.1, 0.15) is 0 Å². The molecule has 0 aromatic heterocycles. The van der Waals surface area contributed by atoms with Gasteiger partial charge in [0.25, 0.3) is 0 Å². The minimum absolute atomic E-state index is 0. The van der Waals surface area contributed by atoms with Gasteiger partial charge >= 0.3 is 23.1 Å². The van der Waals surface area contributed by atoms with E-state index in [9.17, 15) is 0 Å². The van der Waals surface area contributed by atoms with Gasteiger partial charge in [-0.05, 0) is 25.3 Å². The summed E-state index contributed by atoms with van der Waals surface area (Å²) >= 11 is 0. The van der Waals surface area contributed by atoms with Gasteiger partial charge in [0.15, 0.2) is 0 Å². The molecular formula is C13H18BrMgN. The van der Waals surface area contributed by atoms with Gasteiger partial charge in [-0.2, -0.15) is 30.3 Å². The Kier molecular flexibility index (Phi) is 8.73. The molecule has 1 aliphatic rings. The maximum atomic E-state index is 3.29. The summed E-state index contributed by atoms with van der Waals surface area (Å²) in [6.07, 6.45) is 2.75. The predicted octanol–water partition coefficient (Wildman–Crippen LogP) is -0.658. The molecule has 1 heterocycles. The largest absolute Gasteiger partial charge is 2.00 e. The van der Waals surface area contributed by atoms with E-state index in [-0.39, 0.29) is 40.0 Å². The number of hydrogen-bond donors (Lipinski definition) is 0. The fourth-order valence-electron chi connectivity index (χ4n) is 2.20. The van der Waals surface area contributed by atoms with Crippen molar-refractivity contribution in [2.45, 2.75) is 26.3 Å². The zero-order chi connectivity index (χ0) is 9.80. The van der Waals surface area contributed by atoms with Crippen molar-refractivity contribution in [3.8, 4) is 0 Å². The molecule has 0 aliphatic carbocycles. The van der Waals surface area contributed by atoms with E-state index < -0.39 is 0 Å². The molecule has 1 fully saturated rings. The van der Waals surface area contributed by atoms with Crippen LogP contribution in [-0.2, 0) is 6.54 Å². The summed E-state index contributed by atoms with van der Waals surface area (Å²) in [4.78, 5) is 2.54. The molecule has 1 aromatic carbocycles. The molecule has 0 amide bonds. The smallest absolute Gasteiger partial charge is 1.00 e. The van der Waals surface area contributed by atoms with Crippen LogP contribution in [0.5, 0.6) is 0 Å². The molecule has 0 N–H and O–H groups in total. The van der Waals surface area contributed by atoms with Crippen LogP contribution in [0.25, 0.3) is 0 Å². The molecule has 1 nitrogen and oxygen atoms in total. The van der Waals surface area contributed by atoms with Crippen molar-refractivity contribution in [1.29, 1.82) is 0 Å². The molecule has 1 aromatic rings. The average molecular weight is 293 g/mol. The summed E-state index contributed by atoms with van der Waals surface area (Å²) in [7, 11) is 0. The number of nitrogens with zero attached hydrogens (tertiary/aromatic N) is 1. The topological polar surface area (TPSA) is 3.24 Å². The summed E-state index contributed by atoms with van der Waals surface area (Å²) in [6.45, 7) is 5.93. The average Bonchev–Trinajstić information content (AvgIpc) is 2.19. The zero-order valence-electron chi connectivity index (χ0n) is 9.95. The third-order valence-corrected chi connectivity index (χ3v) is 2.91. The fraction of sp³-hybridized carbons (Fsp3) is 0.538. The van der Waals surface area contributed by atoms with Gasteiger partial charge in [-0.3, -0.25) is 0 Å². The van der Waals surface area contributed by atoms with Gasteiger partial charge in [0.05, 0.1) is 0 Å². The van der Waals surface area contributed by atoms with Crippen molar-refractivity contribution in [2.75, 3.05) is 13.1 Å². The summed E-state index contributed by atoms with van der Waals surface area (Å²) in [5.41, 5.74) is 1.32. The number of likely N-dealkylation sites (tertiary alicyclic amines) is 1. The van der Waals surface area contributed by atoms with E-state index in [2.05, 4.69) is 30.0 Å². The normalized spacial score (nSPS) is 20.7. The van der Waals surface area contributed by atoms with E-state index in [1.807, 2.05) is 12.1 Å². The van der Waals surface area contributed by atoms with Crippen molar-refractivity contribution in [3.63, 3.8) is 0 Å². The first-order valence-electron chi connectivity index (χ1n) is 5.52. The Balaban J connectivity index is 0.00000112. The van der Waals surface area contributed by atoms with Gasteiger partial charge in [0, 0.05) is 13.1 Å². The van der Waals surface area contributed by atoms with Crippen molar-refractivity contribution in [1.82, 2.24) is 4.90 Å².